The van der Waals surface area contributed by atoms with Gasteiger partial charge in [0.1, 0.15) is 0 Å². The highest BCUT2D eigenvalue weighted by molar-refractivity contribution is 5.70. The van der Waals surface area contributed by atoms with E-state index in [2.05, 4.69) is 56.8 Å². The van der Waals surface area contributed by atoms with Crippen LogP contribution in [0.4, 0.5) is 4.39 Å². The summed E-state index contributed by atoms with van der Waals surface area (Å²) in [5.41, 5.74) is 6.94. The summed E-state index contributed by atoms with van der Waals surface area (Å²) in [6.45, 7) is 9.97. The standard InChI is InChI=1S/C20H23F/c1-5-16-13-19(12-15(4)20(16)10-11-21)18-8-6-17(7-9-18)14(2)3/h5-9,12-14H,1,10-11H2,2-4H3. The van der Waals surface area contributed by atoms with Crippen LogP contribution in [0.15, 0.2) is 43.0 Å². The minimum Gasteiger partial charge on any atom is -0.251 e. The highest BCUT2D eigenvalue weighted by Gasteiger charge is 2.08. The molecule has 0 aliphatic heterocycles. The van der Waals surface area contributed by atoms with Crippen LogP contribution >= 0.6 is 0 Å². The summed E-state index contributed by atoms with van der Waals surface area (Å²) in [6.07, 6.45) is 2.28. The van der Waals surface area contributed by atoms with Crippen molar-refractivity contribution in [1.82, 2.24) is 0 Å². The van der Waals surface area contributed by atoms with Gasteiger partial charge in [0.25, 0.3) is 0 Å². The smallest absolute Gasteiger partial charge is 0.0935 e. The molecule has 0 aromatic heterocycles. The van der Waals surface area contributed by atoms with Crippen molar-refractivity contribution in [2.45, 2.75) is 33.1 Å². The Morgan fingerprint density at radius 2 is 1.76 bits per heavy atom. The largest absolute Gasteiger partial charge is 0.251 e. The molecule has 0 N–H and O–H groups in total. The third-order valence-corrected chi connectivity index (χ3v) is 3.98. The Labute approximate surface area is 127 Å². The molecule has 0 aliphatic rings. The van der Waals surface area contributed by atoms with Gasteiger partial charge < -0.3 is 0 Å². The van der Waals surface area contributed by atoms with Crippen LogP contribution in [0.3, 0.4) is 0 Å². The lowest BCUT2D eigenvalue weighted by atomic mass is 9.92. The van der Waals surface area contributed by atoms with E-state index in [-0.39, 0.29) is 6.67 Å². The van der Waals surface area contributed by atoms with E-state index in [1.807, 2.05) is 13.0 Å². The maximum atomic E-state index is 12.7. The molecule has 110 valence electrons. The second-order valence-electron chi connectivity index (χ2n) is 5.78. The van der Waals surface area contributed by atoms with Crippen molar-refractivity contribution in [3.8, 4) is 11.1 Å². The lowest BCUT2D eigenvalue weighted by Crippen LogP contribution is -1.97. The number of hydrogen-bond donors (Lipinski definition) is 0. The molecule has 2 aromatic rings. The van der Waals surface area contributed by atoms with Crippen molar-refractivity contribution in [3.63, 3.8) is 0 Å². The van der Waals surface area contributed by atoms with Crippen LogP contribution in [0.2, 0.25) is 0 Å². The van der Waals surface area contributed by atoms with Crippen molar-refractivity contribution in [3.05, 3.63) is 65.2 Å². The second kappa shape index (κ2) is 6.71. The maximum Gasteiger partial charge on any atom is 0.0935 e. The first-order chi connectivity index (χ1) is 10.1. The summed E-state index contributed by atoms with van der Waals surface area (Å²) >= 11 is 0. The molecule has 0 spiro atoms. The van der Waals surface area contributed by atoms with E-state index >= 15 is 0 Å². The molecule has 0 saturated carbocycles. The van der Waals surface area contributed by atoms with Crippen LogP contribution in [0.5, 0.6) is 0 Å². The molecule has 0 unspecified atom stereocenters. The summed E-state index contributed by atoms with van der Waals surface area (Å²) < 4.78 is 12.7. The SMILES string of the molecule is C=Cc1cc(-c2ccc(C(C)C)cc2)cc(C)c1CCF. The van der Waals surface area contributed by atoms with Gasteiger partial charge in [-0.3, -0.25) is 4.39 Å². The number of halogens is 1. The zero-order valence-corrected chi connectivity index (χ0v) is 13.1. The van der Waals surface area contributed by atoms with Gasteiger partial charge in [-0.15, -0.1) is 0 Å². The van der Waals surface area contributed by atoms with E-state index in [1.54, 1.807) is 0 Å². The number of benzene rings is 2. The molecular formula is C20H23F. The van der Waals surface area contributed by atoms with Crippen molar-refractivity contribution in [2.75, 3.05) is 6.67 Å². The predicted octanol–water partition coefficient (Wildman–Crippen LogP) is 5.94. The molecular weight excluding hydrogens is 259 g/mol. The molecule has 0 atom stereocenters. The molecule has 0 radical (unpaired) electrons. The van der Waals surface area contributed by atoms with Gasteiger partial charge in [-0.2, -0.15) is 0 Å². The van der Waals surface area contributed by atoms with E-state index in [0.717, 1.165) is 16.7 Å². The summed E-state index contributed by atoms with van der Waals surface area (Å²) in [5.74, 6) is 0.538. The van der Waals surface area contributed by atoms with Gasteiger partial charge in [0, 0.05) is 6.42 Å². The van der Waals surface area contributed by atoms with Crippen LogP contribution in [0, 0.1) is 6.92 Å². The monoisotopic (exact) mass is 282 g/mol. The van der Waals surface area contributed by atoms with Crippen LogP contribution in [0.1, 0.15) is 42.0 Å². The Morgan fingerprint density at radius 1 is 1.10 bits per heavy atom. The van der Waals surface area contributed by atoms with Gasteiger partial charge in [0.2, 0.25) is 0 Å². The van der Waals surface area contributed by atoms with Gasteiger partial charge in [0.05, 0.1) is 6.67 Å². The van der Waals surface area contributed by atoms with Crippen LogP contribution in [-0.2, 0) is 6.42 Å². The minimum absolute atomic E-state index is 0.329. The van der Waals surface area contributed by atoms with Gasteiger partial charge in [-0.05, 0) is 52.3 Å². The van der Waals surface area contributed by atoms with E-state index in [9.17, 15) is 4.39 Å². The summed E-state index contributed by atoms with van der Waals surface area (Å²) in [5, 5.41) is 0. The molecule has 0 aliphatic carbocycles. The van der Waals surface area contributed by atoms with E-state index in [1.165, 1.54) is 16.7 Å². The Morgan fingerprint density at radius 3 is 2.29 bits per heavy atom. The van der Waals surface area contributed by atoms with Crippen molar-refractivity contribution in [2.24, 2.45) is 0 Å². The van der Waals surface area contributed by atoms with E-state index < -0.39 is 0 Å². The zero-order valence-electron chi connectivity index (χ0n) is 13.1. The Hall–Kier alpha value is -1.89. The third kappa shape index (κ3) is 3.41. The Balaban J connectivity index is 2.44. The summed E-state index contributed by atoms with van der Waals surface area (Å²) in [6, 6.07) is 12.9. The third-order valence-electron chi connectivity index (χ3n) is 3.98. The first kappa shape index (κ1) is 15.5. The maximum absolute atomic E-state index is 12.7. The molecule has 0 nitrogen and oxygen atoms in total. The van der Waals surface area contributed by atoms with E-state index in [0.29, 0.717) is 12.3 Å². The highest BCUT2D eigenvalue weighted by Crippen LogP contribution is 2.28. The van der Waals surface area contributed by atoms with Gasteiger partial charge in [-0.1, -0.05) is 56.8 Å². The average Bonchev–Trinajstić information content (AvgIpc) is 2.49. The fourth-order valence-corrected chi connectivity index (χ4v) is 2.69. The topological polar surface area (TPSA) is 0 Å². The number of rotatable bonds is 5. The summed E-state index contributed by atoms with van der Waals surface area (Å²) in [7, 11) is 0. The molecule has 2 rings (SSSR count). The minimum atomic E-state index is -0.329. The Kier molecular flexibility index (Phi) is 4.95. The van der Waals surface area contributed by atoms with Gasteiger partial charge in [-0.25, -0.2) is 0 Å². The highest BCUT2D eigenvalue weighted by atomic mass is 19.1. The number of alkyl halides is 1. The summed E-state index contributed by atoms with van der Waals surface area (Å²) in [4.78, 5) is 0. The molecule has 0 amide bonds. The number of aryl methyl sites for hydroxylation is 1. The van der Waals surface area contributed by atoms with Gasteiger partial charge in [0.15, 0.2) is 0 Å². The fraction of sp³-hybridized carbons (Fsp3) is 0.300. The van der Waals surface area contributed by atoms with Crippen LogP contribution in [0.25, 0.3) is 17.2 Å². The molecule has 1 heteroatoms. The average molecular weight is 282 g/mol. The normalized spacial score (nSPS) is 10.9. The molecule has 0 fully saturated rings. The predicted molar refractivity (Wildman–Crippen MR) is 90.5 cm³/mol. The first-order valence-electron chi connectivity index (χ1n) is 7.49. The molecule has 0 heterocycles. The lowest BCUT2D eigenvalue weighted by Gasteiger charge is -2.13. The van der Waals surface area contributed by atoms with Crippen molar-refractivity contribution < 1.29 is 4.39 Å². The molecule has 2 aromatic carbocycles. The van der Waals surface area contributed by atoms with Crippen molar-refractivity contribution >= 4 is 6.08 Å². The van der Waals surface area contributed by atoms with Gasteiger partial charge >= 0.3 is 0 Å². The van der Waals surface area contributed by atoms with E-state index in [4.69, 9.17) is 0 Å². The van der Waals surface area contributed by atoms with Crippen LogP contribution in [-0.4, -0.2) is 6.67 Å². The zero-order chi connectivity index (χ0) is 15.4. The molecule has 21 heavy (non-hydrogen) atoms. The lowest BCUT2D eigenvalue weighted by molar-refractivity contribution is 0.494. The fourth-order valence-electron chi connectivity index (χ4n) is 2.69. The number of hydrogen-bond acceptors (Lipinski definition) is 0. The van der Waals surface area contributed by atoms with Crippen LogP contribution < -0.4 is 0 Å². The molecule has 0 bridgehead atoms. The first-order valence-corrected chi connectivity index (χ1v) is 7.49. The van der Waals surface area contributed by atoms with Crippen molar-refractivity contribution in [1.29, 1.82) is 0 Å². The second-order valence-corrected chi connectivity index (χ2v) is 5.78. The Bertz CT molecular complexity index is 621. The quantitative estimate of drug-likeness (QED) is 0.636. The molecule has 0 saturated heterocycles.